The molecule has 0 atom stereocenters. The first-order valence-corrected chi connectivity index (χ1v) is 12.7. The summed E-state index contributed by atoms with van der Waals surface area (Å²) in [6.45, 7) is 5.85. The molecule has 0 aliphatic heterocycles. The maximum atomic E-state index is 13.5. The minimum absolute atomic E-state index is 0.128. The van der Waals surface area contributed by atoms with Gasteiger partial charge in [0.15, 0.2) is 11.0 Å². The Morgan fingerprint density at radius 2 is 1.59 bits per heavy atom. The maximum absolute atomic E-state index is 13.5. The number of nitrogens with one attached hydrogen (secondary N) is 1. The van der Waals surface area contributed by atoms with Crippen LogP contribution in [0.1, 0.15) is 17.0 Å². The van der Waals surface area contributed by atoms with Gasteiger partial charge in [-0.25, -0.2) is 9.07 Å². The average molecular weight is 513 g/mol. The molecule has 0 saturated heterocycles. The van der Waals surface area contributed by atoms with Gasteiger partial charge in [0, 0.05) is 11.3 Å². The predicted molar refractivity (Wildman–Crippen MR) is 144 cm³/mol. The highest BCUT2D eigenvalue weighted by atomic mass is 32.2. The lowest BCUT2D eigenvalue weighted by atomic mass is 10.2. The Balaban J connectivity index is 1.37. The van der Waals surface area contributed by atoms with Crippen LogP contribution in [0.2, 0.25) is 0 Å². The van der Waals surface area contributed by atoms with Gasteiger partial charge in [-0.3, -0.25) is 9.36 Å². The summed E-state index contributed by atoms with van der Waals surface area (Å²) in [4.78, 5) is 13.0. The molecule has 5 aromatic rings. The number of anilines is 1. The summed E-state index contributed by atoms with van der Waals surface area (Å²) in [6, 6.07) is 23.8. The number of amides is 1. The fourth-order valence-electron chi connectivity index (χ4n) is 4.03. The molecule has 1 amide bonds. The highest BCUT2D eigenvalue weighted by Crippen LogP contribution is 2.29. The van der Waals surface area contributed by atoms with Crippen molar-refractivity contribution in [3.8, 4) is 22.8 Å². The number of carbonyl (C=O) groups is 1. The number of para-hydroxylation sites is 1. The average Bonchev–Trinajstić information content (AvgIpc) is 3.45. The number of nitrogens with zero attached hydrogens (tertiary/aromatic N) is 5. The van der Waals surface area contributed by atoms with E-state index in [-0.39, 0.29) is 17.5 Å². The third-order valence-electron chi connectivity index (χ3n) is 5.92. The van der Waals surface area contributed by atoms with Crippen LogP contribution >= 0.6 is 11.8 Å². The molecule has 0 radical (unpaired) electrons. The van der Waals surface area contributed by atoms with Crippen molar-refractivity contribution < 1.29 is 9.18 Å². The monoisotopic (exact) mass is 512 g/mol. The van der Waals surface area contributed by atoms with Gasteiger partial charge in [-0.15, -0.1) is 10.2 Å². The number of aromatic nitrogens is 5. The van der Waals surface area contributed by atoms with E-state index < -0.39 is 0 Å². The fraction of sp³-hybridized carbons (Fsp3) is 0.143. The van der Waals surface area contributed by atoms with Crippen molar-refractivity contribution in [1.29, 1.82) is 0 Å². The molecule has 0 aliphatic carbocycles. The van der Waals surface area contributed by atoms with E-state index in [1.807, 2.05) is 84.6 Å². The van der Waals surface area contributed by atoms with Gasteiger partial charge in [0.2, 0.25) is 5.91 Å². The van der Waals surface area contributed by atoms with Gasteiger partial charge in [0.25, 0.3) is 0 Å². The zero-order valence-electron chi connectivity index (χ0n) is 20.6. The SMILES string of the molecule is Cc1ccc(-n2nc(C)c(NC(=O)CSc3nnc(-c4ccc(F)cc4)n3-c3ccccc3)c2C)cc1. The summed E-state index contributed by atoms with van der Waals surface area (Å²) in [5.74, 6) is 0.200. The molecule has 0 aliphatic rings. The molecule has 0 unspecified atom stereocenters. The molecule has 2 aromatic heterocycles. The Hall–Kier alpha value is -4.24. The van der Waals surface area contributed by atoms with E-state index in [4.69, 9.17) is 0 Å². The number of aryl methyl sites for hydroxylation is 2. The molecule has 37 heavy (non-hydrogen) atoms. The van der Waals surface area contributed by atoms with Crippen LogP contribution in [0, 0.1) is 26.6 Å². The topological polar surface area (TPSA) is 77.6 Å². The number of carbonyl (C=O) groups excluding carboxylic acids is 1. The predicted octanol–water partition coefficient (Wildman–Crippen LogP) is 5.92. The molecule has 2 heterocycles. The minimum Gasteiger partial charge on any atom is -0.322 e. The smallest absolute Gasteiger partial charge is 0.234 e. The van der Waals surface area contributed by atoms with Gasteiger partial charge < -0.3 is 5.32 Å². The molecule has 1 N–H and O–H groups in total. The Morgan fingerprint density at radius 3 is 2.30 bits per heavy atom. The first-order valence-electron chi connectivity index (χ1n) is 11.7. The van der Waals surface area contributed by atoms with Gasteiger partial charge >= 0.3 is 0 Å². The lowest BCUT2D eigenvalue weighted by Crippen LogP contribution is -2.15. The normalized spacial score (nSPS) is 11.0. The van der Waals surface area contributed by atoms with E-state index in [1.165, 1.54) is 29.5 Å². The highest BCUT2D eigenvalue weighted by Gasteiger charge is 2.19. The van der Waals surface area contributed by atoms with Crippen LogP contribution in [0.25, 0.3) is 22.8 Å². The number of thioether (sulfide) groups is 1. The maximum Gasteiger partial charge on any atom is 0.234 e. The summed E-state index contributed by atoms with van der Waals surface area (Å²) in [6.07, 6.45) is 0. The van der Waals surface area contributed by atoms with Crippen LogP contribution in [0.5, 0.6) is 0 Å². The van der Waals surface area contributed by atoms with Gasteiger partial charge in [0.05, 0.1) is 28.5 Å². The van der Waals surface area contributed by atoms with Gasteiger partial charge in [-0.1, -0.05) is 47.7 Å². The molecule has 0 bridgehead atoms. The van der Waals surface area contributed by atoms with E-state index >= 15 is 0 Å². The van der Waals surface area contributed by atoms with Crippen LogP contribution in [0.3, 0.4) is 0 Å². The zero-order chi connectivity index (χ0) is 25.9. The van der Waals surface area contributed by atoms with Crippen LogP contribution < -0.4 is 5.32 Å². The second kappa shape index (κ2) is 10.4. The lowest BCUT2D eigenvalue weighted by molar-refractivity contribution is -0.113. The number of benzene rings is 3. The van der Waals surface area contributed by atoms with Crippen LogP contribution in [-0.2, 0) is 4.79 Å². The van der Waals surface area contributed by atoms with E-state index in [1.54, 1.807) is 12.1 Å². The molecular formula is C28H25FN6OS. The van der Waals surface area contributed by atoms with Gasteiger partial charge in [-0.2, -0.15) is 5.10 Å². The number of rotatable bonds is 7. The number of hydrogen-bond acceptors (Lipinski definition) is 5. The van der Waals surface area contributed by atoms with Crippen molar-refractivity contribution in [3.05, 3.63) is 102 Å². The van der Waals surface area contributed by atoms with Crippen molar-refractivity contribution in [2.24, 2.45) is 0 Å². The number of hydrogen-bond donors (Lipinski definition) is 1. The Morgan fingerprint density at radius 1 is 0.892 bits per heavy atom. The standard InChI is InChI=1S/C28H25FN6OS/c1-18-9-15-24(16-10-18)35-20(3)26(19(2)33-35)30-25(36)17-37-28-32-31-27(21-11-13-22(29)14-12-21)34(28)23-7-5-4-6-8-23/h4-16H,17H2,1-3H3,(H,30,36). The van der Waals surface area contributed by atoms with E-state index in [0.29, 0.717) is 16.7 Å². The summed E-state index contributed by atoms with van der Waals surface area (Å²) in [5, 5.41) is 16.9. The first kappa shape index (κ1) is 24.5. The molecule has 186 valence electrons. The Bertz CT molecular complexity index is 1540. The largest absolute Gasteiger partial charge is 0.322 e. The molecule has 9 heteroatoms. The lowest BCUT2D eigenvalue weighted by Gasteiger charge is -2.11. The first-order chi connectivity index (χ1) is 17.9. The van der Waals surface area contributed by atoms with Crippen molar-refractivity contribution >= 4 is 23.4 Å². The molecule has 0 saturated carbocycles. The molecule has 7 nitrogen and oxygen atoms in total. The minimum atomic E-state index is -0.322. The summed E-state index contributed by atoms with van der Waals surface area (Å²) >= 11 is 1.28. The summed E-state index contributed by atoms with van der Waals surface area (Å²) < 4.78 is 17.2. The van der Waals surface area contributed by atoms with Crippen LogP contribution in [-0.4, -0.2) is 36.2 Å². The third kappa shape index (κ3) is 5.17. The fourth-order valence-corrected chi connectivity index (χ4v) is 4.78. The van der Waals surface area contributed by atoms with Crippen molar-refractivity contribution in [1.82, 2.24) is 24.5 Å². The molecular weight excluding hydrogens is 487 g/mol. The Kier molecular flexibility index (Phi) is 6.87. The van der Waals surface area contributed by atoms with E-state index in [9.17, 15) is 9.18 Å². The second-order valence-corrected chi connectivity index (χ2v) is 9.56. The van der Waals surface area contributed by atoms with Gasteiger partial charge in [-0.05, 0) is 69.3 Å². The molecule has 0 spiro atoms. The second-order valence-electron chi connectivity index (χ2n) is 8.61. The van der Waals surface area contributed by atoms with E-state index in [0.717, 1.165) is 28.3 Å². The third-order valence-corrected chi connectivity index (χ3v) is 6.85. The van der Waals surface area contributed by atoms with Crippen molar-refractivity contribution in [3.63, 3.8) is 0 Å². The quantitative estimate of drug-likeness (QED) is 0.274. The Labute approximate surface area is 218 Å². The van der Waals surface area contributed by atoms with Gasteiger partial charge in [0.1, 0.15) is 5.82 Å². The number of halogens is 1. The molecule has 0 fully saturated rings. The van der Waals surface area contributed by atoms with Crippen LogP contribution in [0.4, 0.5) is 10.1 Å². The summed E-state index contributed by atoms with van der Waals surface area (Å²) in [5.41, 5.74) is 5.97. The van der Waals surface area contributed by atoms with Crippen LogP contribution in [0.15, 0.2) is 84.0 Å². The molecule has 3 aromatic carbocycles. The highest BCUT2D eigenvalue weighted by molar-refractivity contribution is 7.99. The van der Waals surface area contributed by atoms with E-state index in [2.05, 4.69) is 20.6 Å². The zero-order valence-corrected chi connectivity index (χ0v) is 21.5. The summed E-state index contributed by atoms with van der Waals surface area (Å²) in [7, 11) is 0. The van der Waals surface area contributed by atoms with Crippen molar-refractivity contribution in [2.75, 3.05) is 11.1 Å². The molecule has 5 rings (SSSR count). The van der Waals surface area contributed by atoms with Crippen molar-refractivity contribution in [2.45, 2.75) is 25.9 Å².